The van der Waals surface area contributed by atoms with Crippen LogP contribution in [-0.4, -0.2) is 30.0 Å². The predicted octanol–water partition coefficient (Wildman–Crippen LogP) is 5.29. The summed E-state index contributed by atoms with van der Waals surface area (Å²) in [6.45, 7) is 2.92. The lowest BCUT2D eigenvalue weighted by Gasteiger charge is -2.32. The summed E-state index contributed by atoms with van der Waals surface area (Å²) < 4.78 is 20.4. The number of ether oxygens (including phenoxy) is 1. The highest BCUT2D eigenvalue weighted by Gasteiger charge is 2.29. The van der Waals surface area contributed by atoms with E-state index in [0.717, 1.165) is 55.5 Å². The molecule has 1 aliphatic carbocycles. The molecular formula is C23H25Cl2FN2O2. The molecule has 2 aromatic rings. The maximum Gasteiger partial charge on any atom is 0.251 e. The molecule has 7 heteroatoms. The molecule has 0 radical (unpaired) electrons. The number of primary amides is 1. The van der Waals surface area contributed by atoms with Gasteiger partial charge in [0.1, 0.15) is 5.82 Å². The Kier molecular flexibility index (Phi) is 6.63. The predicted molar refractivity (Wildman–Crippen MR) is 116 cm³/mol. The number of rotatable bonds is 7. The smallest absolute Gasteiger partial charge is 0.251 e. The summed E-state index contributed by atoms with van der Waals surface area (Å²) in [6, 6.07) is 8.61. The fourth-order valence-electron chi connectivity index (χ4n) is 4.11. The molecule has 160 valence electrons. The molecule has 0 atom stereocenters. The van der Waals surface area contributed by atoms with E-state index in [0.29, 0.717) is 29.1 Å². The van der Waals surface area contributed by atoms with Crippen molar-refractivity contribution in [1.29, 1.82) is 0 Å². The summed E-state index contributed by atoms with van der Waals surface area (Å²) in [7, 11) is 0. The van der Waals surface area contributed by atoms with Crippen LogP contribution in [0.25, 0.3) is 0 Å². The molecule has 2 fully saturated rings. The second kappa shape index (κ2) is 9.23. The number of hydrogen-bond donors (Lipinski definition) is 1. The number of carbonyl (C=O) groups is 1. The minimum Gasteiger partial charge on any atom is -0.373 e. The quantitative estimate of drug-likeness (QED) is 0.623. The third-order valence-corrected chi connectivity index (χ3v) is 6.28. The topological polar surface area (TPSA) is 55.6 Å². The highest BCUT2D eigenvalue weighted by molar-refractivity contribution is 6.34. The Morgan fingerprint density at radius 1 is 1.07 bits per heavy atom. The zero-order valence-corrected chi connectivity index (χ0v) is 18.2. The molecule has 1 aliphatic heterocycles. The number of amides is 1. The Morgan fingerprint density at radius 2 is 1.73 bits per heavy atom. The van der Waals surface area contributed by atoms with Crippen LogP contribution in [0.3, 0.4) is 0 Å². The minimum atomic E-state index is -0.708. The van der Waals surface area contributed by atoms with E-state index in [2.05, 4.69) is 4.90 Å². The van der Waals surface area contributed by atoms with Crippen molar-refractivity contribution < 1.29 is 13.9 Å². The maximum absolute atomic E-state index is 14.3. The third-order valence-electron chi connectivity index (χ3n) is 5.85. The van der Waals surface area contributed by atoms with Crippen LogP contribution in [-0.2, 0) is 17.9 Å². The average Bonchev–Trinajstić information content (AvgIpc) is 3.52. The van der Waals surface area contributed by atoms with Crippen molar-refractivity contribution in [2.75, 3.05) is 13.1 Å². The Bertz CT molecular complexity index is 921. The zero-order chi connectivity index (χ0) is 21.3. The summed E-state index contributed by atoms with van der Waals surface area (Å²) in [5, 5.41) is 1.22. The zero-order valence-electron chi connectivity index (χ0n) is 16.7. The van der Waals surface area contributed by atoms with Crippen LogP contribution < -0.4 is 5.73 Å². The molecule has 1 saturated carbocycles. The summed E-state index contributed by atoms with van der Waals surface area (Å²) >= 11 is 12.1. The van der Waals surface area contributed by atoms with Gasteiger partial charge < -0.3 is 10.5 Å². The van der Waals surface area contributed by atoms with Gasteiger partial charge in [-0.3, -0.25) is 9.69 Å². The lowest BCUT2D eigenvalue weighted by atomic mass is 9.97. The van der Waals surface area contributed by atoms with Crippen LogP contribution in [0.1, 0.15) is 58.6 Å². The van der Waals surface area contributed by atoms with Gasteiger partial charge in [-0.25, -0.2) is 4.39 Å². The Hall–Kier alpha value is -1.66. The number of carbonyl (C=O) groups excluding carboxylic acids is 1. The van der Waals surface area contributed by atoms with E-state index in [-0.39, 0.29) is 11.7 Å². The Labute approximate surface area is 186 Å². The number of nitrogens with zero attached hydrogens (tertiary/aromatic N) is 1. The van der Waals surface area contributed by atoms with Crippen molar-refractivity contribution in [3.63, 3.8) is 0 Å². The molecule has 1 saturated heterocycles. The molecule has 1 amide bonds. The van der Waals surface area contributed by atoms with Crippen molar-refractivity contribution >= 4 is 29.1 Å². The standard InChI is InChI=1S/C23H25Cl2FN2O2/c24-17-7-14(8-18(25)10-17)13-30-19-3-5-28(6-4-19)12-16-9-22(26)21(23(27)29)11-20(16)15-1-2-15/h7-11,15,19H,1-6,12-13H2,(H2,27,29). The number of nitrogens with two attached hydrogens (primary N) is 1. The first-order chi connectivity index (χ1) is 14.4. The summed E-state index contributed by atoms with van der Waals surface area (Å²) in [5.74, 6) is -0.815. The first kappa shape index (κ1) is 21.6. The van der Waals surface area contributed by atoms with Gasteiger partial charge in [-0.1, -0.05) is 23.2 Å². The molecule has 0 unspecified atom stereocenters. The molecule has 1 heterocycles. The second-order valence-electron chi connectivity index (χ2n) is 8.23. The molecule has 2 aliphatic rings. The normalized spacial score (nSPS) is 18.0. The van der Waals surface area contributed by atoms with Gasteiger partial charge in [-0.15, -0.1) is 0 Å². The van der Waals surface area contributed by atoms with E-state index >= 15 is 0 Å². The van der Waals surface area contributed by atoms with Crippen LogP contribution >= 0.6 is 23.2 Å². The minimum absolute atomic E-state index is 0.00567. The molecular weight excluding hydrogens is 426 g/mol. The number of benzene rings is 2. The van der Waals surface area contributed by atoms with E-state index < -0.39 is 11.7 Å². The lowest BCUT2D eigenvalue weighted by Crippen LogP contribution is -2.36. The largest absolute Gasteiger partial charge is 0.373 e. The van der Waals surface area contributed by atoms with Gasteiger partial charge in [0.05, 0.1) is 18.3 Å². The molecule has 2 N–H and O–H groups in total. The number of halogens is 3. The van der Waals surface area contributed by atoms with Crippen molar-refractivity contribution in [2.24, 2.45) is 5.73 Å². The van der Waals surface area contributed by atoms with Crippen molar-refractivity contribution in [3.05, 3.63) is 68.4 Å². The maximum atomic E-state index is 14.3. The molecule has 0 aromatic heterocycles. The third kappa shape index (κ3) is 5.33. The Balaban J connectivity index is 1.34. The van der Waals surface area contributed by atoms with Gasteiger partial charge in [0.15, 0.2) is 0 Å². The molecule has 0 spiro atoms. The van der Waals surface area contributed by atoms with E-state index in [9.17, 15) is 9.18 Å². The molecule has 2 aromatic carbocycles. The number of hydrogen-bond acceptors (Lipinski definition) is 3. The lowest BCUT2D eigenvalue weighted by molar-refractivity contribution is -0.00399. The van der Waals surface area contributed by atoms with Gasteiger partial charge in [-0.2, -0.15) is 0 Å². The number of likely N-dealkylation sites (tertiary alicyclic amines) is 1. The highest BCUT2D eigenvalue weighted by Crippen LogP contribution is 2.42. The van der Waals surface area contributed by atoms with Gasteiger partial charge in [0.2, 0.25) is 0 Å². The van der Waals surface area contributed by atoms with Gasteiger partial charge >= 0.3 is 0 Å². The van der Waals surface area contributed by atoms with Crippen molar-refractivity contribution in [1.82, 2.24) is 4.90 Å². The monoisotopic (exact) mass is 450 g/mol. The van der Waals surface area contributed by atoms with E-state index in [1.807, 2.05) is 12.1 Å². The van der Waals surface area contributed by atoms with E-state index in [1.54, 1.807) is 12.1 Å². The highest BCUT2D eigenvalue weighted by atomic mass is 35.5. The van der Waals surface area contributed by atoms with Crippen LogP contribution in [0.15, 0.2) is 30.3 Å². The molecule has 4 nitrogen and oxygen atoms in total. The Morgan fingerprint density at radius 3 is 2.33 bits per heavy atom. The van der Waals surface area contributed by atoms with Gasteiger partial charge in [0.25, 0.3) is 5.91 Å². The van der Waals surface area contributed by atoms with Crippen LogP contribution in [0.4, 0.5) is 4.39 Å². The molecule has 4 rings (SSSR count). The summed E-state index contributed by atoms with van der Waals surface area (Å²) in [6.07, 6.45) is 4.17. The molecule has 0 bridgehead atoms. The van der Waals surface area contributed by atoms with Crippen molar-refractivity contribution in [3.8, 4) is 0 Å². The number of piperidine rings is 1. The fourth-order valence-corrected chi connectivity index (χ4v) is 4.69. The SMILES string of the molecule is NC(=O)c1cc(C2CC2)c(CN2CCC(OCc3cc(Cl)cc(Cl)c3)CC2)cc1F. The second-order valence-corrected chi connectivity index (χ2v) is 9.11. The average molecular weight is 451 g/mol. The van der Waals surface area contributed by atoms with E-state index in [4.69, 9.17) is 33.7 Å². The van der Waals surface area contributed by atoms with Crippen LogP contribution in [0, 0.1) is 5.82 Å². The molecule has 30 heavy (non-hydrogen) atoms. The van der Waals surface area contributed by atoms with Crippen LogP contribution in [0.2, 0.25) is 10.0 Å². The van der Waals surface area contributed by atoms with Crippen molar-refractivity contribution in [2.45, 2.75) is 50.9 Å². The first-order valence-corrected chi connectivity index (χ1v) is 11.1. The fraction of sp³-hybridized carbons (Fsp3) is 0.435. The summed E-state index contributed by atoms with van der Waals surface area (Å²) in [4.78, 5) is 13.8. The van der Waals surface area contributed by atoms with Crippen LogP contribution in [0.5, 0.6) is 0 Å². The first-order valence-electron chi connectivity index (χ1n) is 10.3. The van der Waals surface area contributed by atoms with Gasteiger partial charge in [-0.05, 0) is 78.6 Å². The van der Waals surface area contributed by atoms with E-state index in [1.165, 1.54) is 6.07 Å². The summed E-state index contributed by atoms with van der Waals surface area (Å²) in [5.41, 5.74) is 8.32. The van der Waals surface area contributed by atoms with Gasteiger partial charge in [0, 0.05) is 29.7 Å².